The Balaban J connectivity index is 2.63. The molecule has 0 aliphatic rings. The molecule has 0 bridgehead atoms. The fraction of sp³-hybridized carbons (Fsp3) is 0.385. The molecule has 0 fully saturated rings. The molecular formula is C13H16ClFN2O2. The van der Waals surface area contributed by atoms with Crippen LogP contribution in [0.2, 0.25) is 5.02 Å². The van der Waals surface area contributed by atoms with Crippen molar-refractivity contribution >= 4 is 29.1 Å². The predicted octanol–water partition coefficient (Wildman–Crippen LogP) is 2.58. The molecule has 0 heterocycles. The topological polar surface area (TPSA) is 58.2 Å². The van der Waals surface area contributed by atoms with Gasteiger partial charge in [0.15, 0.2) is 0 Å². The number of carbonyl (C=O) groups is 2. The van der Waals surface area contributed by atoms with Crippen LogP contribution >= 0.6 is 11.6 Å². The van der Waals surface area contributed by atoms with Crippen LogP contribution in [0.4, 0.5) is 10.1 Å². The number of hydrogen-bond acceptors (Lipinski definition) is 2. The molecule has 2 amide bonds. The molecule has 0 aromatic heterocycles. The van der Waals surface area contributed by atoms with Crippen LogP contribution in [-0.2, 0) is 9.59 Å². The highest BCUT2D eigenvalue weighted by Gasteiger charge is 2.17. The van der Waals surface area contributed by atoms with E-state index in [1.807, 2.05) is 0 Å². The van der Waals surface area contributed by atoms with Crippen molar-refractivity contribution in [2.24, 2.45) is 5.92 Å². The molecule has 2 N–H and O–H groups in total. The van der Waals surface area contributed by atoms with E-state index in [0.717, 1.165) is 6.07 Å². The number of nitrogens with one attached hydrogen (secondary N) is 2. The molecule has 0 saturated carbocycles. The Kier molecular flexibility index (Phi) is 5.30. The van der Waals surface area contributed by atoms with Crippen molar-refractivity contribution in [1.29, 1.82) is 0 Å². The maximum atomic E-state index is 13.0. The smallest absolute Gasteiger partial charge is 0.246 e. The Hall–Kier alpha value is -1.62. The fourth-order valence-electron chi connectivity index (χ4n) is 1.27. The summed E-state index contributed by atoms with van der Waals surface area (Å²) in [6.07, 6.45) is 0. The second-order valence-electron chi connectivity index (χ2n) is 4.50. The number of anilines is 1. The molecule has 1 atom stereocenters. The van der Waals surface area contributed by atoms with E-state index in [4.69, 9.17) is 11.6 Å². The third kappa shape index (κ3) is 4.52. The summed E-state index contributed by atoms with van der Waals surface area (Å²) in [5.74, 6) is -1.35. The molecule has 1 aromatic carbocycles. The molecule has 104 valence electrons. The monoisotopic (exact) mass is 286 g/mol. The number of carbonyl (C=O) groups excluding carboxylic acids is 2. The van der Waals surface area contributed by atoms with Crippen LogP contribution in [0, 0.1) is 11.7 Å². The van der Waals surface area contributed by atoms with Crippen LogP contribution in [0.25, 0.3) is 0 Å². The molecule has 0 radical (unpaired) electrons. The van der Waals surface area contributed by atoms with Crippen molar-refractivity contribution < 1.29 is 14.0 Å². The molecule has 1 unspecified atom stereocenters. The van der Waals surface area contributed by atoms with Gasteiger partial charge in [0.25, 0.3) is 0 Å². The fourth-order valence-corrected chi connectivity index (χ4v) is 1.45. The first-order valence-corrected chi connectivity index (χ1v) is 6.25. The van der Waals surface area contributed by atoms with E-state index < -0.39 is 17.8 Å². The summed E-state index contributed by atoms with van der Waals surface area (Å²) in [5, 5.41) is 5.04. The summed E-state index contributed by atoms with van der Waals surface area (Å²) in [5.41, 5.74) is 0.377. The summed E-state index contributed by atoms with van der Waals surface area (Å²) >= 11 is 5.61. The first kappa shape index (κ1) is 15.4. The Bertz CT molecular complexity index is 492. The van der Waals surface area contributed by atoms with E-state index in [2.05, 4.69) is 10.6 Å². The second-order valence-corrected chi connectivity index (χ2v) is 4.91. The highest BCUT2D eigenvalue weighted by molar-refractivity contribution is 6.31. The lowest BCUT2D eigenvalue weighted by Gasteiger charge is -2.15. The van der Waals surface area contributed by atoms with Gasteiger partial charge >= 0.3 is 0 Å². The summed E-state index contributed by atoms with van der Waals surface area (Å²) in [6.45, 7) is 5.04. The van der Waals surface area contributed by atoms with E-state index in [9.17, 15) is 14.0 Å². The minimum absolute atomic E-state index is 0.0725. The number of benzene rings is 1. The van der Waals surface area contributed by atoms with Crippen LogP contribution in [0.3, 0.4) is 0 Å². The Morgan fingerprint density at radius 3 is 2.37 bits per heavy atom. The minimum Gasteiger partial charge on any atom is -0.344 e. The quantitative estimate of drug-likeness (QED) is 0.894. The van der Waals surface area contributed by atoms with Gasteiger partial charge in [0.2, 0.25) is 11.8 Å². The molecule has 1 aromatic rings. The number of hydrogen-bond donors (Lipinski definition) is 2. The van der Waals surface area contributed by atoms with E-state index in [1.165, 1.54) is 12.1 Å². The highest BCUT2D eigenvalue weighted by Crippen LogP contribution is 2.19. The standard InChI is InChI=1S/C13H16ClFN2O2/c1-7(2)12(18)16-8(3)13(19)17-9-4-5-11(15)10(14)6-9/h4-8H,1-3H3,(H,16,18)(H,17,19). The van der Waals surface area contributed by atoms with Gasteiger partial charge in [-0.2, -0.15) is 0 Å². The van der Waals surface area contributed by atoms with Crippen LogP contribution in [0.5, 0.6) is 0 Å². The predicted molar refractivity (Wildman–Crippen MR) is 72.5 cm³/mol. The van der Waals surface area contributed by atoms with Gasteiger partial charge in [0.05, 0.1) is 5.02 Å². The molecule has 0 saturated heterocycles. The van der Waals surface area contributed by atoms with Crippen molar-refractivity contribution in [3.8, 4) is 0 Å². The van der Waals surface area contributed by atoms with Gasteiger partial charge in [-0.05, 0) is 25.1 Å². The van der Waals surface area contributed by atoms with Crippen molar-refractivity contribution in [2.75, 3.05) is 5.32 Å². The van der Waals surface area contributed by atoms with Gasteiger partial charge in [-0.15, -0.1) is 0 Å². The Morgan fingerprint density at radius 2 is 1.84 bits per heavy atom. The summed E-state index contributed by atoms with van der Waals surface area (Å²) in [7, 11) is 0. The van der Waals surface area contributed by atoms with E-state index >= 15 is 0 Å². The zero-order chi connectivity index (χ0) is 14.6. The van der Waals surface area contributed by atoms with Crippen LogP contribution in [0.15, 0.2) is 18.2 Å². The zero-order valence-electron chi connectivity index (χ0n) is 11.0. The van der Waals surface area contributed by atoms with Gasteiger partial charge in [-0.1, -0.05) is 25.4 Å². The summed E-state index contributed by atoms with van der Waals surface area (Å²) in [4.78, 5) is 23.3. The third-order valence-electron chi connectivity index (χ3n) is 2.46. The molecule has 4 nitrogen and oxygen atoms in total. The molecule has 0 aliphatic heterocycles. The molecule has 1 rings (SSSR count). The van der Waals surface area contributed by atoms with Crippen LogP contribution in [0.1, 0.15) is 20.8 Å². The lowest BCUT2D eigenvalue weighted by molar-refractivity contribution is -0.128. The first-order chi connectivity index (χ1) is 8.81. The molecule has 0 spiro atoms. The van der Waals surface area contributed by atoms with Crippen molar-refractivity contribution in [3.05, 3.63) is 29.0 Å². The van der Waals surface area contributed by atoms with Gasteiger partial charge in [-0.25, -0.2) is 4.39 Å². The third-order valence-corrected chi connectivity index (χ3v) is 2.75. The molecule has 0 aliphatic carbocycles. The summed E-state index contributed by atoms with van der Waals surface area (Å²) in [6, 6.07) is 3.19. The average Bonchev–Trinajstić information content (AvgIpc) is 2.33. The zero-order valence-corrected chi connectivity index (χ0v) is 11.7. The van der Waals surface area contributed by atoms with E-state index in [1.54, 1.807) is 20.8 Å². The average molecular weight is 287 g/mol. The molecule has 19 heavy (non-hydrogen) atoms. The SMILES string of the molecule is CC(C)C(=O)NC(C)C(=O)Nc1ccc(F)c(Cl)c1. The van der Waals surface area contributed by atoms with Crippen molar-refractivity contribution in [1.82, 2.24) is 5.32 Å². The van der Waals surface area contributed by atoms with Gasteiger partial charge in [-0.3, -0.25) is 9.59 Å². The lowest BCUT2D eigenvalue weighted by Crippen LogP contribution is -2.43. The van der Waals surface area contributed by atoms with Crippen molar-refractivity contribution in [3.63, 3.8) is 0 Å². The van der Waals surface area contributed by atoms with Gasteiger partial charge in [0.1, 0.15) is 11.9 Å². The highest BCUT2D eigenvalue weighted by atomic mass is 35.5. The van der Waals surface area contributed by atoms with Gasteiger partial charge < -0.3 is 10.6 Å². The molecular weight excluding hydrogens is 271 g/mol. The first-order valence-electron chi connectivity index (χ1n) is 5.87. The molecule has 6 heteroatoms. The number of halogens is 2. The van der Waals surface area contributed by atoms with Crippen molar-refractivity contribution in [2.45, 2.75) is 26.8 Å². The normalized spacial score (nSPS) is 12.1. The van der Waals surface area contributed by atoms with E-state index in [-0.39, 0.29) is 16.8 Å². The lowest BCUT2D eigenvalue weighted by atomic mass is 10.2. The summed E-state index contributed by atoms with van der Waals surface area (Å²) < 4.78 is 13.0. The number of rotatable bonds is 4. The van der Waals surface area contributed by atoms with Crippen LogP contribution < -0.4 is 10.6 Å². The second kappa shape index (κ2) is 6.52. The van der Waals surface area contributed by atoms with Crippen LogP contribution in [-0.4, -0.2) is 17.9 Å². The Morgan fingerprint density at radius 1 is 1.21 bits per heavy atom. The maximum Gasteiger partial charge on any atom is 0.246 e. The van der Waals surface area contributed by atoms with Gasteiger partial charge in [0, 0.05) is 11.6 Å². The van der Waals surface area contributed by atoms with E-state index in [0.29, 0.717) is 5.69 Å². The maximum absolute atomic E-state index is 13.0. The Labute approximate surface area is 116 Å². The largest absolute Gasteiger partial charge is 0.344 e. The minimum atomic E-state index is -0.682. The number of amides is 2.